The van der Waals surface area contributed by atoms with Crippen molar-refractivity contribution >= 4 is 34.8 Å². The molecular formula is C13H16Cl2N2O2. The maximum absolute atomic E-state index is 12.1. The van der Waals surface area contributed by atoms with E-state index in [-0.39, 0.29) is 27.7 Å². The Hall–Kier alpha value is -0.970. The summed E-state index contributed by atoms with van der Waals surface area (Å²) in [4.78, 5) is 12.1. The summed E-state index contributed by atoms with van der Waals surface area (Å²) < 4.78 is 0. The summed E-state index contributed by atoms with van der Waals surface area (Å²) in [6.07, 6.45) is 3.01. The van der Waals surface area contributed by atoms with Gasteiger partial charge in [0.2, 0.25) is 0 Å². The SMILES string of the molecule is Nc1cc(C(=O)NC2CCCCC2O)cc(Cl)c1Cl. The Bertz CT molecular complexity index is 471. The number of nitrogens with two attached hydrogens (primary N) is 1. The fourth-order valence-corrected chi connectivity index (χ4v) is 2.61. The third-order valence-electron chi connectivity index (χ3n) is 3.36. The van der Waals surface area contributed by atoms with E-state index in [4.69, 9.17) is 28.9 Å². The van der Waals surface area contributed by atoms with Crippen LogP contribution in [0.2, 0.25) is 10.0 Å². The van der Waals surface area contributed by atoms with Crippen molar-refractivity contribution in [3.05, 3.63) is 27.7 Å². The molecular weight excluding hydrogens is 287 g/mol. The van der Waals surface area contributed by atoms with Crippen LogP contribution in [0.1, 0.15) is 36.0 Å². The zero-order valence-electron chi connectivity index (χ0n) is 10.3. The van der Waals surface area contributed by atoms with Gasteiger partial charge < -0.3 is 16.2 Å². The van der Waals surface area contributed by atoms with Crippen molar-refractivity contribution in [1.82, 2.24) is 5.32 Å². The lowest BCUT2D eigenvalue weighted by atomic mass is 9.92. The quantitative estimate of drug-likeness (QED) is 0.735. The Kier molecular flexibility index (Phi) is 4.55. The van der Waals surface area contributed by atoms with Crippen molar-refractivity contribution in [2.75, 3.05) is 5.73 Å². The van der Waals surface area contributed by atoms with Crippen LogP contribution in [0.15, 0.2) is 12.1 Å². The molecule has 0 aromatic heterocycles. The number of halogens is 2. The Morgan fingerprint density at radius 2 is 2.00 bits per heavy atom. The van der Waals surface area contributed by atoms with E-state index in [0.29, 0.717) is 12.0 Å². The first-order valence-electron chi connectivity index (χ1n) is 6.22. The fraction of sp³-hybridized carbons (Fsp3) is 0.462. The second kappa shape index (κ2) is 5.99. The third kappa shape index (κ3) is 3.32. The van der Waals surface area contributed by atoms with Crippen LogP contribution >= 0.6 is 23.2 Å². The molecule has 19 heavy (non-hydrogen) atoms. The summed E-state index contributed by atoms with van der Waals surface area (Å²) in [5.41, 5.74) is 6.29. The van der Waals surface area contributed by atoms with Gasteiger partial charge in [0, 0.05) is 5.56 Å². The molecule has 1 aliphatic rings. The largest absolute Gasteiger partial charge is 0.397 e. The second-order valence-electron chi connectivity index (χ2n) is 4.79. The molecule has 1 amide bonds. The molecule has 4 nitrogen and oxygen atoms in total. The van der Waals surface area contributed by atoms with Crippen LogP contribution in [0.4, 0.5) is 5.69 Å². The van der Waals surface area contributed by atoms with Crippen LogP contribution < -0.4 is 11.1 Å². The van der Waals surface area contributed by atoms with E-state index >= 15 is 0 Å². The Balaban J connectivity index is 2.11. The molecule has 0 aliphatic heterocycles. The number of hydrogen-bond donors (Lipinski definition) is 3. The molecule has 1 saturated carbocycles. The average molecular weight is 303 g/mol. The molecule has 1 aromatic rings. The minimum absolute atomic E-state index is 0.211. The Morgan fingerprint density at radius 3 is 2.63 bits per heavy atom. The molecule has 1 aromatic carbocycles. The molecule has 4 N–H and O–H groups in total. The van der Waals surface area contributed by atoms with Crippen molar-refractivity contribution in [3.63, 3.8) is 0 Å². The molecule has 1 fully saturated rings. The predicted molar refractivity (Wildman–Crippen MR) is 76.6 cm³/mol. The van der Waals surface area contributed by atoms with E-state index in [9.17, 15) is 9.90 Å². The Morgan fingerprint density at radius 1 is 1.32 bits per heavy atom. The molecule has 1 aliphatic carbocycles. The first kappa shape index (κ1) is 14.4. The van der Waals surface area contributed by atoms with Crippen molar-refractivity contribution in [1.29, 1.82) is 0 Å². The summed E-state index contributed by atoms with van der Waals surface area (Å²) in [6.45, 7) is 0. The van der Waals surface area contributed by atoms with Gasteiger partial charge in [0.1, 0.15) is 0 Å². The predicted octanol–water partition coefficient (Wildman–Crippen LogP) is 2.61. The lowest BCUT2D eigenvalue weighted by Gasteiger charge is -2.28. The second-order valence-corrected chi connectivity index (χ2v) is 5.58. The summed E-state index contributed by atoms with van der Waals surface area (Å²) in [6, 6.07) is 2.75. The molecule has 104 valence electrons. The number of amides is 1. The number of benzene rings is 1. The monoisotopic (exact) mass is 302 g/mol. The molecule has 0 heterocycles. The van der Waals surface area contributed by atoms with Gasteiger partial charge in [-0.2, -0.15) is 0 Å². The van der Waals surface area contributed by atoms with Crippen LogP contribution in [-0.4, -0.2) is 23.2 Å². The van der Waals surface area contributed by atoms with Crippen molar-refractivity contribution in [2.45, 2.75) is 37.8 Å². The zero-order valence-corrected chi connectivity index (χ0v) is 11.8. The van der Waals surface area contributed by atoms with E-state index in [1.54, 1.807) is 0 Å². The molecule has 2 rings (SSSR count). The molecule has 0 saturated heterocycles. The maximum atomic E-state index is 12.1. The van der Waals surface area contributed by atoms with Crippen molar-refractivity contribution in [3.8, 4) is 0 Å². The van der Waals surface area contributed by atoms with E-state index in [0.717, 1.165) is 19.3 Å². The van der Waals surface area contributed by atoms with Gasteiger partial charge in [-0.1, -0.05) is 36.0 Å². The van der Waals surface area contributed by atoms with Crippen LogP contribution in [0.5, 0.6) is 0 Å². The van der Waals surface area contributed by atoms with E-state index in [1.165, 1.54) is 12.1 Å². The van der Waals surface area contributed by atoms with Gasteiger partial charge in [0.15, 0.2) is 0 Å². The van der Waals surface area contributed by atoms with Crippen molar-refractivity contribution < 1.29 is 9.90 Å². The summed E-state index contributed by atoms with van der Waals surface area (Å²) in [5, 5.41) is 13.1. The zero-order chi connectivity index (χ0) is 14.0. The molecule has 2 unspecified atom stereocenters. The first-order valence-corrected chi connectivity index (χ1v) is 6.98. The molecule has 0 bridgehead atoms. The van der Waals surface area contributed by atoms with Gasteiger partial charge in [0.25, 0.3) is 5.91 Å². The number of aliphatic hydroxyl groups excluding tert-OH is 1. The molecule has 6 heteroatoms. The summed E-state index contributed by atoms with van der Waals surface area (Å²) in [7, 11) is 0. The van der Waals surface area contributed by atoms with Crippen molar-refractivity contribution in [2.24, 2.45) is 0 Å². The lowest BCUT2D eigenvalue weighted by Crippen LogP contribution is -2.45. The van der Waals surface area contributed by atoms with Crippen LogP contribution in [0, 0.1) is 0 Å². The highest BCUT2D eigenvalue weighted by Crippen LogP contribution is 2.29. The van der Waals surface area contributed by atoms with E-state index in [1.807, 2.05) is 0 Å². The van der Waals surface area contributed by atoms with Gasteiger partial charge in [-0.3, -0.25) is 4.79 Å². The number of nitrogen functional groups attached to an aromatic ring is 1. The van der Waals surface area contributed by atoms with E-state index < -0.39 is 6.10 Å². The van der Waals surface area contributed by atoms with Gasteiger partial charge in [0.05, 0.1) is 27.9 Å². The number of carbonyl (C=O) groups excluding carboxylic acids is 1. The van der Waals surface area contributed by atoms with Gasteiger partial charge in [-0.05, 0) is 25.0 Å². The minimum Gasteiger partial charge on any atom is -0.397 e. The number of hydrogen-bond acceptors (Lipinski definition) is 3. The van der Waals surface area contributed by atoms with Gasteiger partial charge >= 0.3 is 0 Å². The molecule has 0 radical (unpaired) electrons. The first-order chi connectivity index (χ1) is 8.99. The number of anilines is 1. The summed E-state index contributed by atoms with van der Waals surface area (Å²) in [5.74, 6) is -0.295. The number of nitrogens with one attached hydrogen (secondary N) is 1. The normalized spacial score (nSPS) is 23.1. The van der Waals surface area contributed by atoms with Crippen LogP contribution in [-0.2, 0) is 0 Å². The molecule has 2 atom stereocenters. The standard InChI is InChI=1S/C13H16Cl2N2O2/c14-8-5-7(6-9(16)12(8)15)13(19)17-10-3-1-2-4-11(10)18/h5-6,10-11,18H,1-4,16H2,(H,17,19). The number of rotatable bonds is 2. The van der Waals surface area contributed by atoms with Gasteiger partial charge in [-0.15, -0.1) is 0 Å². The van der Waals surface area contributed by atoms with Crippen LogP contribution in [0.3, 0.4) is 0 Å². The maximum Gasteiger partial charge on any atom is 0.251 e. The lowest BCUT2D eigenvalue weighted by molar-refractivity contribution is 0.0717. The number of carbonyl (C=O) groups is 1. The highest BCUT2D eigenvalue weighted by molar-refractivity contribution is 6.43. The van der Waals surface area contributed by atoms with Crippen LogP contribution in [0.25, 0.3) is 0 Å². The fourth-order valence-electron chi connectivity index (χ4n) is 2.27. The average Bonchev–Trinajstić information content (AvgIpc) is 2.38. The molecule has 0 spiro atoms. The van der Waals surface area contributed by atoms with E-state index in [2.05, 4.69) is 5.32 Å². The topological polar surface area (TPSA) is 75.4 Å². The third-order valence-corrected chi connectivity index (χ3v) is 4.18. The number of aliphatic hydroxyl groups is 1. The highest BCUT2D eigenvalue weighted by Gasteiger charge is 2.25. The minimum atomic E-state index is -0.488. The smallest absolute Gasteiger partial charge is 0.251 e. The summed E-state index contributed by atoms with van der Waals surface area (Å²) >= 11 is 11.7. The highest BCUT2D eigenvalue weighted by atomic mass is 35.5. The Labute approximate surface area is 121 Å². The van der Waals surface area contributed by atoms with Gasteiger partial charge in [-0.25, -0.2) is 0 Å².